The fraction of sp³-hybridized carbons (Fsp3) is 0.611. The maximum Gasteiger partial charge on any atom is 0.271 e. The predicted octanol–water partition coefficient (Wildman–Crippen LogP) is 2.36. The number of piperidine rings is 1. The molecule has 1 N–H and O–H groups in total. The second-order valence-electron chi connectivity index (χ2n) is 7.10. The Balaban J connectivity index is 1.50. The van der Waals surface area contributed by atoms with Crippen LogP contribution in [0.25, 0.3) is 0 Å². The molecular formula is C18H25ClN4O3. The van der Waals surface area contributed by atoms with E-state index in [4.69, 9.17) is 16.3 Å². The van der Waals surface area contributed by atoms with Crippen molar-refractivity contribution >= 4 is 17.8 Å². The molecule has 0 saturated carbocycles. The van der Waals surface area contributed by atoms with Gasteiger partial charge in [0, 0.05) is 35.8 Å². The summed E-state index contributed by atoms with van der Waals surface area (Å²) in [6.07, 6.45) is 3.00. The standard InChI is InChI=1S/C18H25ClN4O3/c1-18(20-8-9-21-18)13-22-10-6-16(12-17(22)23(24)25)26-11-7-14-2-4-15(19)5-3-14/h2-5,8,16-17,21H,6-7,9-13H2,1H3. The molecule has 0 spiro atoms. The molecule has 0 amide bonds. The Hall–Kier alpha value is -1.54. The average molecular weight is 381 g/mol. The third kappa shape index (κ3) is 5.01. The van der Waals surface area contributed by atoms with E-state index in [1.807, 2.05) is 42.3 Å². The molecule has 3 rings (SSSR count). The summed E-state index contributed by atoms with van der Waals surface area (Å²) in [6, 6.07) is 7.67. The third-order valence-corrected chi connectivity index (χ3v) is 5.25. The number of nitro groups is 1. The fourth-order valence-corrected chi connectivity index (χ4v) is 3.69. The zero-order chi connectivity index (χ0) is 18.6. The Bertz CT molecular complexity index is 654. The summed E-state index contributed by atoms with van der Waals surface area (Å²) in [5.41, 5.74) is 0.715. The summed E-state index contributed by atoms with van der Waals surface area (Å²) in [7, 11) is 0. The average Bonchev–Trinajstić information content (AvgIpc) is 3.04. The molecule has 1 aromatic rings. The molecule has 142 valence electrons. The van der Waals surface area contributed by atoms with Crippen LogP contribution in [-0.4, -0.2) is 60.2 Å². The molecule has 0 aliphatic carbocycles. The van der Waals surface area contributed by atoms with Gasteiger partial charge in [0.2, 0.25) is 0 Å². The van der Waals surface area contributed by atoms with Crippen molar-refractivity contribution in [2.45, 2.75) is 44.1 Å². The topological polar surface area (TPSA) is 80.0 Å². The van der Waals surface area contributed by atoms with E-state index < -0.39 is 11.8 Å². The molecule has 3 atom stereocenters. The molecule has 2 aliphatic heterocycles. The normalized spacial score (nSPS) is 29.2. The van der Waals surface area contributed by atoms with Gasteiger partial charge in [0.25, 0.3) is 6.17 Å². The van der Waals surface area contributed by atoms with Gasteiger partial charge in [-0.15, -0.1) is 0 Å². The summed E-state index contributed by atoms with van der Waals surface area (Å²) >= 11 is 5.88. The highest BCUT2D eigenvalue weighted by Gasteiger charge is 2.40. The van der Waals surface area contributed by atoms with Crippen molar-refractivity contribution in [2.24, 2.45) is 4.99 Å². The fourth-order valence-electron chi connectivity index (χ4n) is 3.56. The van der Waals surface area contributed by atoms with E-state index in [0.29, 0.717) is 37.7 Å². The van der Waals surface area contributed by atoms with Crippen molar-refractivity contribution in [1.82, 2.24) is 10.2 Å². The lowest BCUT2D eigenvalue weighted by atomic mass is 10.0. The van der Waals surface area contributed by atoms with Gasteiger partial charge in [-0.3, -0.25) is 20.4 Å². The van der Waals surface area contributed by atoms with Crippen LogP contribution < -0.4 is 5.32 Å². The first-order chi connectivity index (χ1) is 12.5. The van der Waals surface area contributed by atoms with Gasteiger partial charge in [-0.1, -0.05) is 23.7 Å². The molecule has 0 aromatic heterocycles. The lowest BCUT2D eigenvalue weighted by Gasteiger charge is -2.37. The van der Waals surface area contributed by atoms with Crippen LogP contribution in [-0.2, 0) is 11.2 Å². The second-order valence-corrected chi connectivity index (χ2v) is 7.53. The molecule has 0 radical (unpaired) electrons. The Morgan fingerprint density at radius 1 is 1.46 bits per heavy atom. The minimum atomic E-state index is -0.723. The second kappa shape index (κ2) is 8.43. The van der Waals surface area contributed by atoms with Crippen LogP contribution in [0, 0.1) is 10.1 Å². The van der Waals surface area contributed by atoms with E-state index in [1.54, 1.807) is 0 Å². The van der Waals surface area contributed by atoms with Gasteiger partial charge >= 0.3 is 0 Å². The van der Waals surface area contributed by atoms with Crippen LogP contribution in [0.4, 0.5) is 0 Å². The van der Waals surface area contributed by atoms with Crippen molar-refractivity contribution in [1.29, 1.82) is 0 Å². The van der Waals surface area contributed by atoms with Gasteiger partial charge in [0.1, 0.15) is 5.66 Å². The molecule has 0 bridgehead atoms. The Kier molecular flexibility index (Phi) is 6.24. The lowest BCUT2D eigenvalue weighted by Crippen LogP contribution is -2.56. The van der Waals surface area contributed by atoms with Crippen LogP contribution in [0.15, 0.2) is 29.3 Å². The van der Waals surface area contributed by atoms with Gasteiger partial charge in [-0.2, -0.15) is 0 Å². The lowest BCUT2D eigenvalue weighted by molar-refractivity contribution is -0.557. The van der Waals surface area contributed by atoms with E-state index >= 15 is 0 Å². The number of hydrogen-bond acceptors (Lipinski definition) is 6. The Labute approximate surface area is 158 Å². The number of benzene rings is 1. The predicted molar refractivity (Wildman–Crippen MR) is 101 cm³/mol. The van der Waals surface area contributed by atoms with Crippen LogP contribution >= 0.6 is 11.6 Å². The zero-order valence-electron chi connectivity index (χ0n) is 14.9. The van der Waals surface area contributed by atoms with Crippen molar-refractivity contribution in [3.63, 3.8) is 0 Å². The molecule has 26 heavy (non-hydrogen) atoms. The van der Waals surface area contributed by atoms with Gasteiger partial charge < -0.3 is 4.74 Å². The molecule has 2 aliphatic rings. The number of hydrogen-bond donors (Lipinski definition) is 1. The minimum Gasteiger partial charge on any atom is -0.377 e. The Morgan fingerprint density at radius 3 is 2.88 bits per heavy atom. The molecule has 1 saturated heterocycles. The summed E-state index contributed by atoms with van der Waals surface area (Å²) in [5, 5.41) is 15.5. The van der Waals surface area contributed by atoms with Crippen LogP contribution in [0.2, 0.25) is 5.02 Å². The number of nitrogens with one attached hydrogen (secondary N) is 1. The molecule has 1 fully saturated rings. The van der Waals surface area contributed by atoms with Crippen molar-refractivity contribution in [3.05, 3.63) is 45.0 Å². The van der Waals surface area contributed by atoms with Crippen LogP contribution in [0.3, 0.4) is 0 Å². The number of rotatable bonds is 7. The van der Waals surface area contributed by atoms with Crippen LogP contribution in [0.5, 0.6) is 0 Å². The minimum absolute atomic E-state index is 0.0817. The third-order valence-electron chi connectivity index (χ3n) is 5.00. The molecule has 8 heteroatoms. The van der Waals surface area contributed by atoms with Gasteiger partial charge in [-0.05, 0) is 37.5 Å². The van der Waals surface area contributed by atoms with Gasteiger partial charge in [-0.25, -0.2) is 4.90 Å². The SMILES string of the molecule is CC1(CN2CCC(OCCc3ccc(Cl)cc3)CC2[N+](=O)[O-])N=CCN1. The maximum atomic E-state index is 11.6. The molecular weight excluding hydrogens is 356 g/mol. The number of likely N-dealkylation sites (tertiary alicyclic amines) is 1. The first-order valence-corrected chi connectivity index (χ1v) is 9.35. The highest BCUT2D eigenvalue weighted by molar-refractivity contribution is 6.30. The van der Waals surface area contributed by atoms with E-state index in [9.17, 15) is 10.1 Å². The highest BCUT2D eigenvalue weighted by Crippen LogP contribution is 2.24. The molecule has 7 nitrogen and oxygen atoms in total. The first kappa shape index (κ1) is 19.2. The molecule has 1 aromatic carbocycles. The monoisotopic (exact) mass is 380 g/mol. The summed E-state index contributed by atoms with van der Waals surface area (Å²) < 4.78 is 5.93. The van der Waals surface area contributed by atoms with E-state index in [2.05, 4.69) is 10.3 Å². The van der Waals surface area contributed by atoms with Crippen molar-refractivity contribution in [2.75, 3.05) is 26.2 Å². The summed E-state index contributed by atoms with van der Waals surface area (Å²) in [6.45, 7) is 4.42. The summed E-state index contributed by atoms with van der Waals surface area (Å²) in [4.78, 5) is 17.7. The number of nitrogens with zero attached hydrogens (tertiary/aromatic N) is 3. The molecule has 3 unspecified atom stereocenters. The van der Waals surface area contributed by atoms with E-state index in [1.165, 1.54) is 0 Å². The van der Waals surface area contributed by atoms with E-state index in [0.717, 1.165) is 18.4 Å². The Morgan fingerprint density at radius 2 is 2.23 bits per heavy atom. The van der Waals surface area contributed by atoms with E-state index in [-0.39, 0.29) is 11.0 Å². The van der Waals surface area contributed by atoms with Crippen molar-refractivity contribution in [3.8, 4) is 0 Å². The van der Waals surface area contributed by atoms with Gasteiger partial charge in [0.05, 0.1) is 19.1 Å². The molecule has 2 heterocycles. The first-order valence-electron chi connectivity index (χ1n) is 8.97. The smallest absolute Gasteiger partial charge is 0.271 e. The largest absolute Gasteiger partial charge is 0.377 e. The number of halogens is 1. The van der Waals surface area contributed by atoms with Gasteiger partial charge in [0.15, 0.2) is 0 Å². The summed E-state index contributed by atoms with van der Waals surface area (Å²) in [5.74, 6) is 0. The maximum absolute atomic E-state index is 11.6. The number of ether oxygens (including phenoxy) is 1. The zero-order valence-corrected chi connectivity index (χ0v) is 15.7. The highest BCUT2D eigenvalue weighted by atomic mass is 35.5. The van der Waals surface area contributed by atoms with Crippen LogP contribution in [0.1, 0.15) is 25.3 Å². The van der Waals surface area contributed by atoms with Crippen molar-refractivity contribution < 1.29 is 9.66 Å². The quantitative estimate of drug-likeness (QED) is 0.580. The number of aliphatic imine (C=N–C) groups is 1.